The van der Waals surface area contributed by atoms with Gasteiger partial charge in [-0.15, -0.1) is 0 Å². The Morgan fingerprint density at radius 3 is 1.83 bits per heavy atom. The van der Waals surface area contributed by atoms with Crippen molar-refractivity contribution in [1.82, 2.24) is 0 Å². The molecule has 0 aromatic heterocycles. The molecule has 0 aliphatic heterocycles. The maximum atomic E-state index is 4.34. The van der Waals surface area contributed by atoms with Crippen molar-refractivity contribution in [3.05, 3.63) is 268 Å². The fourth-order valence-electron chi connectivity index (χ4n) is 7.33. The average molecular weight is 759 g/mol. The second kappa shape index (κ2) is 20.8. The molecule has 0 bridgehead atoms. The van der Waals surface area contributed by atoms with Crippen LogP contribution < -0.4 is 19.6 Å². The minimum Gasteiger partial charge on any atom is -0.338 e. The van der Waals surface area contributed by atoms with E-state index in [1.54, 1.807) is 6.08 Å². The number of para-hydroxylation sites is 2. The van der Waals surface area contributed by atoms with E-state index in [-0.39, 0.29) is 6.04 Å². The summed E-state index contributed by atoms with van der Waals surface area (Å²) in [5, 5.41) is 0. The highest BCUT2D eigenvalue weighted by Crippen LogP contribution is 2.36. The second-order valence-electron chi connectivity index (χ2n) is 13.9. The molecule has 1 atom stereocenters. The van der Waals surface area contributed by atoms with Crippen molar-refractivity contribution in [1.29, 1.82) is 0 Å². The summed E-state index contributed by atoms with van der Waals surface area (Å²) in [5.41, 5.74) is 10.5. The third-order valence-corrected chi connectivity index (χ3v) is 10.1. The third-order valence-electron chi connectivity index (χ3n) is 10.1. The van der Waals surface area contributed by atoms with Gasteiger partial charge < -0.3 is 19.6 Å². The van der Waals surface area contributed by atoms with Crippen LogP contribution in [0.15, 0.2) is 268 Å². The fraction of sp³-hybridized carbons (Fsp3) is 0.111. The van der Waals surface area contributed by atoms with E-state index in [0.717, 1.165) is 77.7 Å². The molecule has 58 heavy (non-hydrogen) atoms. The van der Waals surface area contributed by atoms with Crippen LogP contribution in [0.3, 0.4) is 0 Å². The van der Waals surface area contributed by atoms with E-state index in [2.05, 4.69) is 186 Å². The number of rotatable bonds is 18. The molecule has 4 nitrogen and oxygen atoms in total. The van der Waals surface area contributed by atoms with Crippen molar-refractivity contribution in [2.45, 2.75) is 38.1 Å². The van der Waals surface area contributed by atoms with Gasteiger partial charge in [-0.05, 0) is 135 Å². The van der Waals surface area contributed by atoms with Crippen molar-refractivity contribution in [3.8, 4) is 0 Å². The van der Waals surface area contributed by atoms with Gasteiger partial charge in [0.1, 0.15) is 0 Å². The predicted octanol–water partition coefficient (Wildman–Crippen LogP) is 14.1. The van der Waals surface area contributed by atoms with Crippen LogP contribution in [-0.2, 0) is 0 Å². The van der Waals surface area contributed by atoms with Crippen molar-refractivity contribution in [2.75, 3.05) is 19.6 Å². The Bertz CT molecular complexity index is 2250. The number of anilines is 4. The smallest absolute Gasteiger partial charge is 0.0558 e. The lowest BCUT2D eigenvalue weighted by Crippen LogP contribution is -2.35. The second-order valence-corrected chi connectivity index (χ2v) is 13.9. The van der Waals surface area contributed by atoms with Crippen LogP contribution in [0.4, 0.5) is 22.7 Å². The summed E-state index contributed by atoms with van der Waals surface area (Å²) < 4.78 is 0. The van der Waals surface area contributed by atoms with Gasteiger partial charge in [0.05, 0.1) is 6.04 Å². The molecule has 1 unspecified atom stereocenters. The van der Waals surface area contributed by atoms with Gasteiger partial charge in [0.25, 0.3) is 0 Å². The molecule has 0 amide bonds. The highest BCUT2D eigenvalue weighted by atomic mass is 15.2. The molecule has 0 spiro atoms. The lowest BCUT2D eigenvalue weighted by molar-refractivity contribution is 0.715. The van der Waals surface area contributed by atoms with E-state index >= 15 is 0 Å². The average Bonchev–Trinajstić information content (AvgIpc) is 3.28. The quantitative estimate of drug-likeness (QED) is 0.120. The molecule has 0 saturated carbocycles. The number of allylic oxidation sites excluding steroid dienone is 17. The van der Waals surface area contributed by atoms with Gasteiger partial charge >= 0.3 is 0 Å². The minimum atomic E-state index is 0.164. The third kappa shape index (κ3) is 10.0. The fourth-order valence-corrected chi connectivity index (χ4v) is 7.33. The van der Waals surface area contributed by atoms with E-state index in [9.17, 15) is 0 Å². The Kier molecular flexibility index (Phi) is 14.5. The van der Waals surface area contributed by atoms with Crippen LogP contribution in [0.5, 0.6) is 0 Å². The normalized spacial score (nSPS) is 16.6. The largest absolute Gasteiger partial charge is 0.338 e. The number of benzene rings is 3. The van der Waals surface area contributed by atoms with Gasteiger partial charge in [0.15, 0.2) is 0 Å². The summed E-state index contributed by atoms with van der Waals surface area (Å²) >= 11 is 0. The molecular formula is C54H54N4. The summed E-state index contributed by atoms with van der Waals surface area (Å²) in [7, 11) is 0. The first-order chi connectivity index (χ1) is 28.6. The van der Waals surface area contributed by atoms with Gasteiger partial charge in [-0.2, -0.15) is 0 Å². The summed E-state index contributed by atoms with van der Waals surface area (Å²) in [5.74, 6) is 0. The van der Waals surface area contributed by atoms with E-state index in [0.29, 0.717) is 0 Å². The highest BCUT2D eigenvalue weighted by Gasteiger charge is 2.25. The predicted molar refractivity (Wildman–Crippen MR) is 252 cm³/mol. The monoisotopic (exact) mass is 758 g/mol. The topological polar surface area (TPSA) is 13.0 Å². The molecule has 4 heteroatoms. The molecule has 0 heterocycles. The molecule has 0 fully saturated rings. The van der Waals surface area contributed by atoms with Crippen molar-refractivity contribution in [3.63, 3.8) is 0 Å². The van der Waals surface area contributed by atoms with Crippen molar-refractivity contribution < 1.29 is 0 Å². The van der Waals surface area contributed by atoms with Crippen LogP contribution in [0, 0.1) is 0 Å². The van der Waals surface area contributed by atoms with Gasteiger partial charge in [0.2, 0.25) is 0 Å². The van der Waals surface area contributed by atoms with Crippen LogP contribution in [0.1, 0.15) is 32.1 Å². The first-order valence-corrected chi connectivity index (χ1v) is 20.0. The molecule has 3 aliphatic carbocycles. The Morgan fingerprint density at radius 1 is 0.621 bits per heavy atom. The molecule has 0 N–H and O–H groups in total. The lowest BCUT2D eigenvalue weighted by Gasteiger charge is -2.37. The van der Waals surface area contributed by atoms with Gasteiger partial charge in [-0.1, -0.05) is 124 Å². The Morgan fingerprint density at radius 2 is 1.28 bits per heavy atom. The van der Waals surface area contributed by atoms with Crippen molar-refractivity contribution in [2.24, 2.45) is 0 Å². The van der Waals surface area contributed by atoms with E-state index < -0.39 is 0 Å². The highest BCUT2D eigenvalue weighted by molar-refractivity contribution is 5.70. The van der Waals surface area contributed by atoms with Crippen LogP contribution in [0.25, 0.3) is 0 Å². The summed E-state index contributed by atoms with van der Waals surface area (Å²) in [4.78, 5) is 9.06. The molecule has 3 aromatic carbocycles. The van der Waals surface area contributed by atoms with E-state index in [1.165, 1.54) is 11.4 Å². The molecular weight excluding hydrogens is 705 g/mol. The lowest BCUT2D eigenvalue weighted by atomic mass is 9.99. The SMILES string of the molecule is C=C/C=C\C(=C)N(/C=C/C=C(\C=C)N(C1=CCC(N(C2=CC=CCC2)c2ccccc2)C=C1)c1ccc(N(C2=CCCC=C2)/C(C=C)=C/C=C)cc1)c1ccccc1. The Labute approximate surface area is 346 Å². The first-order valence-electron chi connectivity index (χ1n) is 20.0. The molecule has 6 rings (SSSR count). The zero-order valence-electron chi connectivity index (χ0n) is 33.5. The standard InChI is InChI=1S/C54H54N4/c1-6-10-25-44(5)55(47-26-15-11-16-27-47)43-23-34-46(9-4)57(52-37-35-51(36-38-52)56(45(8-3)24-7-2)48-28-17-12-18-29-48)53-39-41-54(42-40-53)58(49-30-19-13-20-31-49)50-32-21-14-22-33-50/h6-11,13-17,19-21,23-32,34-41,43,54H,1-5,12,18,22,33,42H2/b25-10-,43-23+,45-24+,46-34+. The summed E-state index contributed by atoms with van der Waals surface area (Å²) in [6.45, 7) is 20.6. The van der Waals surface area contributed by atoms with E-state index in [1.807, 2.05) is 60.9 Å². The summed E-state index contributed by atoms with van der Waals surface area (Å²) in [6.07, 6.45) is 44.6. The van der Waals surface area contributed by atoms with Crippen LogP contribution >= 0.6 is 0 Å². The zero-order valence-corrected chi connectivity index (χ0v) is 33.5. The maximum Gasteiger partial charge on any atom is 0.0558 e. The van der Waals surface area contributed by atoms with E-state index in [4.69, 9.17) is 0 Å². The molecule has 3 aliphatic rings. The minimum absolute atomic E-state index is 0.164. The zero-order chi connectivity index (χ0) is 40.5. The van der Waals surface area contributed by atoms with Crippen LogP contribution in [0.2, 0.25) is 0 Å². The summed E-state index contributed by atoms with van der Waals surface area (Å²) in [6, 6.07) is 29.8. The first kappa shape index (κ1) is 40.6. The van der Waals surface area contributed by atoms with Crippen LogP contribution in [-0.4, -0.2) is 6.04 Å². The molecule has 3 aromatic rings. The van der Waals surface area contributed by atoms with Crippen molar-refractivity contribution >= 4 is 22.7 Å². The molecule has 0 radical (unpaired) electrons. The Hall–Kier alpha value is -7.04. The number of nitrogens with zero attached hydrogens (tertiary/aromatic N) is 4. The maximum absolute atomic E-state index is 4.34. The molecule has 290 valence electrons. The number of hydrogen-bond donors (Lipinski definition) is 0. The molecule has 0 saturated heterocycles. The number of hydrogen-bond acceptors (Lipinski definition) is 4. The van der Waals surface area contributed by atoms with Gasteiger partial charge in [0, 0.05) is 63.1 Å². The van der Waals surface area contributed by atoms with Gasteiger partial charge in [-0.25, -0.2) is 0 Å². The van der Waals surface area contributed by atoms with Gasteiger partial charge in [-0.3, -0.25) is 0 Å². The Balaban J connectivity index is 1.40.